The van der Waals surface area contributed by atoms with Crippen LogP contribution >= 0.6 is 15.9 Å². The van der Waals surface area contributed by atoms with Gasteiger partial charge >= 0.3 is 6.09 Å². The van der Waals surface area contributed by atoms with Crippen LogP contribution in [0.1, 0.15) is 12.5 Å². The summed E-state index contributed by atoms with van der Waals surface area (Å²) >= 11 is 3.32. The number of nitrogens with zero attached hydrogens (tertiary/aromatic N) is 1. The van der Waals surface area contributed by atoms with E-state index in [-0.39, 0.29) is 0 Å². The summed E-state index contributed by atoms with van der Waals surface area (Å²) in [5.41, 5.74) is 3.14. The second kappa shape index (κ2) is 6.19. The normalized spacial score (nSPS) is 10.3. The molecule has 0 saturated heterocycles. The maximum atomic E-state index is 10.8. The second-order valence-electron chi connectivity index (χ2n) is 2.64. The van der Waals surface area contributed by atoms with Crippen molar-refractivity contribution in [2.45, 2.75) is 6.92 Å². The maximum Gasteiger partial charge on any atom is 0.427 e. The molecule has 5 heteroatoms. The molecule has 1 amide bonds. The monoisotopic (exact) mass is 270 g/mol. The van der Waals surface area contributed by atoms with E-state index < -0.39 is 6.09 Å². The Labute approximate surface area is 96.4 Å². The minimum Gasteiger partial charge on any atom is -0.449 e. The molecule has 1 N–H and O–H groups in total. The maximum absolute atomic E-state index is 10.8. The van der Waals surface area contributed by atoms with Crippen molar-refractivity contribution in [2.24, 2.45) is 5.10 Å². The summed E-state index contributed by atoms with van der Waals surface area (Å²) in [7, 11) is 0. The summed E-state index contributed by atoms with van der Waals surface area (Å²) in [6.07, 6.45) is 0.995. The van der Waals surface area contributed by atoms with Crippen molar-refractivity contribution in [3.8, 4) is 0 Å². The molecule has 0 aromatic heterocycles. The average molecular weight is 271 g/mol. The van der Waals surface area contributed by atoms with Crippen LogP contribution in [0.2, 0.25) is 0 Å². The number of carbonyl (C=O) groups is 1. The molecule has 0 unspecified atom stereocenters. The number of amides is 1. The zero-order valence-corrected chi connectivity index (χ0v) is 9.82. The van der Waals surface area contributed by atoms with Crippen molar-refractivity contribution < 1.29 is 9.53 Å². The Morgan fingerprint density at radius 3 is 2.80 bits per heavy atom. The molecule has 0 aliphatic carbocycles. The van der Waals surface area contributed by atoms with E-state index in [0.717, 1.165) is 10.0 Å². The topological polar surface area (TPSA) is 50.7 Å². The molecule has 1 aromatic rings. The number of hydrogen-bond acceptors (Lipinski definition) is 3. The van der Waals surface area contributed by atoms with Gasteiger partial charge in [-0.05, 0) is 24.6 Å². The van der Waals surface area contributed by atoms with Crippen LogP contribution in [-0.2, 0) is 4.74 Å². The Morgan fingerprint density at radius 1 is 1.53 bits per heavy atom. The van der Waals surface area contributed by atoms with Crippen LogP contribution in [0.4, 0.5) is 4.79 Å². The van der Waals surface area contributed by atoms with E-state index in [0.29, 0.717) is 6.61 Å². The van der Waals surface area contributed by atoms with Gasteiger partial charge in [0.2, 0.25) is 0 Å². The van der Waals surface area contributed by atoms with Crippen molar-refractivity contribution in [3.05, 3.63) is 34.3 Å². The van der Waals surface area contributed by atoms with Crippen molar-refractivity contribution in [1.29, 1.82) is 0 Å². The first-order valence-electron chi connectivity index (χ1n) is 4.43. The van der Waals surface area contributed by atoms with Gasteiger partial charge in [0.15, 0.2) is 0 Å². The van der Waals surface area contributed by atoms with Gasteiger partial charge in [0, 0.05) is 4.47 Å². The molecule has 0 fully saturated rings. The van der Waals surface area contributed by atoms with Crippen LogP contribution in [-0.4, -0.2) is 18.9 Å². The molecular formula is C10H11BrN2O2. The zero-order valence-electron chi connectivity index (χ0n) is 8.24. The Balaban J connectivity index is 2.44. The molecule has 0 aliphatic rings. The fourth-order valence-corrected chi connectivity index (χ4v) is 1.14. The standard InChI is InChI=1S/C10H11BrN2O2/c1-2-15-10(14)13-12-7-8-3-5-9(11)6-4-8/h3-7H,2H2,1H3,(H,13,14). The first-order valence-corrected chi connectivity index (χ1v) is 5.23. The SMILES string of the molecule is CCOC(=O)NN=Cc1ccc(Br)cc1. The highest BCUT2D eigenvalue weighted by atomic mass is 79.9. The third kappa shape index (κ3) is 4.60. The minimum atomic E-state index is -0.550. The summed E-state index contributed by atoms with van der Waals surface area (Å²) in [6.45, 7) is 2.07. The van der Waals surface area contributed by atoms with Gasteiger partial charge in [-0.15, -0.1) is 0 Å². The molecule has 0 aliphatic heterocycles. The molecule has 4 nitrogen and oxygen atoms in total. The smallest absolute Gasteiger partial charge is 0.427 e. The van der Waals surface area contributed by atoms with Gasteiger partial charge in [-0.25, -0.2) is 10.2 Å². The van der Waals surface area contributed by atoms with E-state index in [1.807, 2.05) is 24.3 Å². The number of hydrazone groups is 1. The van der Waals surface area contributed by atoms with E-state index in [1.54, 1.807) is 13.1 Å². The molecule has 15 heavy (non-hydrogen) atoms. The Morgan fingerprint density at radius 2 is 2.20 bits per heavy atom. The molecule has 0 spiro atoms. The number of halogens is 1. The largest absolute Gasteiger partial charge is 0.449 e. The number of rotatable bonds is 3. The number of carbonyl (C=O) groups excluding carboxylic acids is 1. The van der Waals surface area contributed by atoms with Crippen molar-refractivity contribution in [1.82, 2.24) is 5.43 Å². The third-order valence-electron chi connectivity index (χ3n) is 1.51. The molecule has 1 aromatic carbocycles. The lowest BCUT2D eigenvalue weighted by Crippen LogP contribution is -2.18. The van der Waals surface area contributed by atoms with E-state index in [4.69, 9.17) is 0 Å². The Kier molecular flexibility index (Phi) is 4.83. The third-order valence-corrected chi connectivity index (χ3v) is 2.04. The first-order chi connectivity index (χ1) is 7.22. The van der Waals surface area contributed by atoms with E-state index >= 15 is 0 Å². The van der Waals surface area contributed by atoms with Gasteiger partial charge in [-0.3, -0.25) is 0 Å². The summed E-state index contributed by atoms with van der Waals surface area (Å²) in [6, 6.07) is 7.54. The van der Waals surface area contributed by atoms with Crippen molar-refractivity contribution in [3.63, 3.8) is 0 Å². The van der Waals surface area contributed by atoms with E-state index in [2.05, 4.69) is 31.2 Å². The summed E-state index contributed by atoms with van der Waals surface area (Å²) in [4.78, 5) is 10.8. The lowest BCUT2D eigenvalue weighted by Gasteiger charge is -1.98. The molecule has 80 valence electrons. The predicted molar refractivity (Wildman–Crippen MR) is 61.9 cm³/mol. The molecule has 0 heterocycles. The van der Waals surface area contributed by atoms with Gasteiger partial charge in [-0.2, -0.15) is 5.10 Å². The lowest BCUT2D eigenvalue weighted by molar-refractivity contribution is 0.152. The number of benzene rings is 1. The predicted octanol–water partition coefficient (Wildman–Crippen LogP) is 2.53. The lowest BCUT2D eigenvalue weighted by atomic mass is 10.2. The highest BCUT2D eigenvalue weighted by Crippen LogP contribution is 2.08. The van der Waals surface area contributed by atoms with Crippen LogP contribution in [0, 0.1) is 0 Å². The Hall–Kier alpha value is -1.36. The fraction of sp³-hybridized carbons (Fsp3) is 0.200. The number of hydrogen-bond donors (Lipinski definition) is 1. The van der Waals surface area contributed by atoms with Crippen LogP contribution in [0.5, 0.6) is 0 Å². The van der Waals surface area contributed by atoms with Gasteiger partial charge in [0.25, 0.3) is 0 Å². The molecule has 0 bridgehead atoms. The first kappa shape index (κ1) is 11.7. The van der Waals surface area contributed by atoms with Gasteiger partial charge in [0.1, 0.15) is 0 Å². The average Bonchev–Trinajstić information content (AvgIpc) is 2.21. The molecule has 0 radical (unpaired) electrons. The van der Waals surface area contributed by atoms with Gasteiger partial charge in [0.05, 0.1) is 12.8 Å². The van der Waals surface area contributed by atoms with Crippen LogP contribution in [0.15, 0.2) is 33.8 Å². The number of ether oxygens (including phenoxy) is 1. The van der Waals surface area contributed by atoms with Crippen LogP contribution < -0.4 is 5.43 Å². The Bertz CT molecular complexity index is 349. The second-order valence-corrected chi connectivity index (χ2v) is 3.56. The molecule has 0 saturated carbocycles. The van der Waals surface area contributed by atoms with E-state index in [1.165, 1.54) is 0 Å². The molecular weight excluding hydrogens is 260 g/mol. The molecule has 0 atom stereocenters. The van der Waals surface area contributed by atoms with Crippen LogP contribution in [0.25, 0.3) is 0 Å². The highest BCUT2D eigenvalue weighted by molar-refractivity contribution is 9.10. The van der Waals surface area contributed by atoms with Crippen LogP contribution in [0.3, 0.4) is 0 Å². The summed E-state index contributed by atoms with van der Waals surface area (Å²) < 4.78 is 5.63. The fourth-order valence-electron chi connectivity index (χ4n) is 0.872. The van der Waals surface area contributed by atoms with Gasteiger partial charge in [-0.1, -0.05) is 28.1 Å². The van der Waals surface area contributed by atoms with E-state index in [9.17, 15) is 4.79 Å². The van der Waals surface area contributed by atoms with Crippen molar-refractivity contribution >= 4 is 28.2 Å². The summed E-state index contributed by atoms with van der Waals surface area (Å²) in [5, 5.41) is 3.72. The minimum absolute atomic E-state index is 0.333. The van der Waals surface area contributed by atoms with Gasteiger partial charge < -0.3 is 4.74 Å². The quantitative estimate of drug-likeness (QED) is 0.678. The zero-order chi connectivity index (χ0) is 11.1. The molecule has 1 rings (SSSR count). The van der Waals surface area contributed by atoms with Crippen molar-refractivity contribution in [2.75, 3.05) is 6.61 Å². The highest BCUT2D eigenvalue weighted by Gasteiger charge is 1.95. The summed E-state index contributed by atoms with van der Waals surface area (Å²) in [5.74, 6) is 0. The number of nitrogens with one attached hydrogen (secondary N) is 1.